The largest absolute Gasteiger partial charge is 0.376 e. The summed E-state index contributed by atoms with van der Waals surface area (Å²) in [5, 5.41) is 3.35. The molecule has 8 nitrogen and oxygen atoms in total. The second-order valence-corrected chi connectivity index (χ2v) is 9.49. The summed E-state index contributed by atoms with van der Waals surface area (Å²) in [6.07, 6.45) is 6.78. The smallest absolute Gasteiger partial charge is 0.211 e. The van der Waals surface area contributed by atoms with Crippen molar-refractivity contribution in [1.29, 1.82) is 0 Å². The zero-order chi connectivity index (χ0) is 20.2. The molecule has 0 amide bonds. The Bertz CT molecular complexity index is 556. The summed E-state index contributed by atoms with van der Waals surface area (Å²) in [6.45, 7) is 8.97. The standard InChI is InChI=1S/C19H38N4O4S/c1-3-20-19(21-11-7-12-22-28(24,25)4-2)23-13-9-17(10-14-23)27-16-18-8-5-6-15-26-18/h17-18,22H,3-16H2,1-2H3,(H,20,21). The van der Waals surface area contributed by atoms with Crippen molar-refractivity contribution in [1.82, 2.24) is 14.9 Å². The van der Waals surface area contributed by atoms with E-state index in [1.807, 2.05) is 0 Å². The number of aliphatic imine (C=N–C) groups is 1. The minimum absolute atomic E-state index is 0.114. The molecule has 0 spiro atoms. The van der Waals surface area contributed by atoms with Gasteiger partial charge in [-0.05, 0) is 52.4 Å². The van der Waals surface area contributed by atoms with Crippen LogP contribution in [0.1, 0.15) is 52.4 Å². The highest BCUT2D eigenvalue weighted by molar-refractivity contribution is 7.89. The highest BCUT2D eigenvalue weighted by Gasteiger charge is 2.23. The fourth-order valence-corrected chi connectivity index (χ4v) is 4.10. The van der Waals surface area contributed by atoms with Crippen molar-refractivity contribution in [2.75, 3.05) is 51.7 Å². The van der Waals surface area contributed by atoms with E-state index in [-0.39, 0.29) is 11.9 Å². The molecule has 9 heteroatoms. The van der Waals surface area contributed by atoms with Crippen LogP contribution >= 0.6 is 0 Å². The van der Waals surface area contributed by atoms with Crippen LogP contribution in [0.4, 0.5) is 0 Å². The number of rotatable bonds is 10. The lowest BCUT2D eigenvalue weighted by atomic mass is 10.1. The van der Waals surface area contributed by atoms with Gasteiger partial charge in [0.1, 0.15) is 0 Å². The van der Waals surface area contributed by atoms with Crippen LogP contribution in [0.25, 0.3) is 0 Å². The monoisotopic (exact) mass is 418 g/mol. The highest BCUT2D eigenvalue weighted by Crippen LogP contribution is 2.18. The minimum Gasteiger partial charge on any atom is -0.376 e. The van der Waals surface area contributed by atoms with Gasteiger partial charge in [0.2, 0.25) is 10.0 Å². The molecule has 1 unspecified atom stereocenters. The average Bonchev–Trinajstić information content (AvgIpc) is 2.72. The van der Waals surface area contributed by atoms with Gasteiger partial charge in [-0.3, -0.25) is 4.99 Å². The zero-order valence-electron chi connectivity index (χ0n) is 17.5. The number of guanidine groups is 1. The number of nitrogens with zero attached hydrogens (tertiary/aromatic N) is 2. The first-order chi connectivity index (χ1) is 13.5. The number of likely N-dealkylation sites (tertiary alicyclic amines) is 1. The minimum atomic E-state index is -3.12. The van der Waals surface area contributed by atoms with Crippen molar-refractivity contribution >= 4 is 16.0 Å². The molecule has 1 atom stereocenters. The topological polar surface area (TPSA) is 92.3 Å². The lowest BCUT2D eigenvalue weighted by molar-refractivity contribution is -0.0721. The van der Waals surface area contributed by atoms with E-state index in [1.165, 1.54) is 12.8 Å². The van der Waals surface area contributed by atoms with E-state index in [4.69, 9.17) is 9.47 Å². The molecule has 28 heavy (non-hydrogen) atoms. The first-order valence-electron chi connectivity index (χ1n) is 10.8. The normalized spacial score (nSPS) is 22.4. The maximum absolute atomic E-state index is 11.4. The summed E-state index contributed by atoms with van der Waals surface area (Å²) in [5.74, 6) is 1.03. The van der Waals surface area contributed by atoms with Gasteiger partial charge in [0.25, 0.3) is 0 Å². The molecule has 0 radical (unpaired) electrons. The lowest BCUT2D eigenvalue weighted by Crippen LogP contribution is -2.47. The van der Waals surface area contributed by atoms with Crippen LogP contribution in [0.3, 0.4) is 0 Å². The second-order valence-electron chi connectivity index (χ2n) is 7.40. The Morgan fingerprint density at radius 1 is 1.21 bits per heavy atom. The number of hydrogen-bond acceptors (Lipinski definition) is 5. The van der Waals surface area contributed by atoms with Gasteiger partial charge in [-0.25, -0.2) is 13.1 Å². The summed E-state index contributed by atoms with van der Waals surface area (Å²) >= 11 is 0. The number of hydrogen-bond donors (Lipinski definition) is 2. The van der Waals surface area contributed by atoms with Crippen LogP contribution in [0.15, 0.2) is 4.99 Å². The van der Waals surface area contributed by atoms with E-state index in [0.717, 1.165) is 51.5 Å². The van der Waals surface area contributed by atoms with Crippen LogP contribution in [0.5, 0.6) is 0 Å². The molecule has 2 heterocycles. The van der Waals surface area contributed by atoms with Crippen LogP contribution in [0.2, 0.25) is 0 Å². The lowest BCUT2D eigenvalue weighted by Gasteiger charge is -2.35. The number of piperidine rings is 1. The van der Waals surface area contributed by atoms with Crippen LogP contribution in [-0.2, 0) is 19.5 Å². The maximum Gasteiger partial charge on any atom is 0.211 e. The maximum atomic E-state index is 11.4. The van der Waals surface area contributed by atoms with Crippen molar-refractivity contribution in [2.45, 2.75) is 64.6 Å². The van der Waals surface area contributed by atoms with Crippen molar-refractivity contribution in [3.8, 4) is 0 Å². The Labute approximate surface area is 170 Å². The van der Waals surface area contributed by atoms with Crippen molar-refractivity contribution in [2.24, 2.45) is 4.99 Å². The summed E-state index contributed by atoms with van der Waals surface area (Å²) in [5.41, 5.74) is 0. The molecule has 0 saturated carbocycles. The Balaban J connectivity index is 1.69. The zero-order valence-corrected chi connectivity index (χ0v) is 18.3. The van der Waals surface area contributed by atoms with Gasteiger partial charge in [0.05, 0.1) is 24.6 Å². The molecule has 164 valence electrons. The third-order valence-electron chi connectivity index (χ3n) is 5.17. The Hall–Kier alpha value is -0.900. The first kappa shape index (κ1) is 23.4. The molecule has 0 aliphatic carbocycles. The molecule has 0 bridgehead atoms. The number of nitrogens with one attached hydrogen (secondary N) is 2. The van der Waals surface area contributed by atoms with E-state index in [9.17, 15) is 8.42 Å². The van der Waals surface area contributed by atoms with Gasteiger partial charge in [0, 0.05) is 39.3 Å². The predicted molar refractivity (Wildman–Crippen MR) is 112 cm³/mol. The summed E-state index contributed by atoms with van der Waals surface area (Å²) in [7, 11) is -3.12. The fraction of sp³-hybridized carbons (Fsp3) is 0.947. The quantitative estimate of drug-likeness (QED) is 0.316. The van der Waals surface area contributed by atoms with E-state index in [1.54, 1.807) is 6.92 Å². The van der Waals surface area contributed by atoms with Gasteiger partial charge < -0.3 is 19.7 Å². The SMILES string of the molecule is CCNC(=NCCCNS(=O)(=O)CC)N1CCC(OCC2CCCCO2)CC1. The molecule has 2 aliphatic rings. The van der Waals surface area contributed by atoms with Gasteiger partial charge in [-0.1, -0.05) is 0 Å². The van der Waals surface area contributed by atoms with Crippen molar-refractivity contribution in [3.63, 3.8) is 0 Å². The van der Waals surface area contributed by atoms with Gasteiger partial charge in [0.15, 0.2) is 5.96 Å². The highest BCUT2D eigenvalue weighted by atomic mass is 32.2. The van der Waals surface area contributed by atoms with E-state index in [0.29, 0.717) is 32.2 Å². The van der Waals surface area contributed by atoms with E-state index < -0.39 is 10.0 Å². The molecule has 0 aromatic carbocycles. The van der Waals surface area contributed by atoms with Gasteiger partial charge in [-0.2, -0.15) is 0 Å². The van der Waals surface area contributed by atoms with Gasteiger partial charge >= 0.3 is 0 Å². The third-order valence-corrected chi connectivity index (χ3v) is 6.57. The molecular weight excluding hydrogens is 380 g/mol. The van der Waals surface area contributed by atoms with Crippen LogP contribution < -0.4 is 10.0 Å². The molecule has 0 aromatic heterocycles. The molecular formula is C19H38N4O4S. The van der Waals surface area contributed by atoms with Crippen molar-refractivity contribution in [3.05, 3.63) is 0 Å². The fourth-order valence-electron chi connectivity index (χ4n) is 3.44. The molecule has 2 aliphatic heterocycles. The second kappa shape index (κ2) is 12.6. The average molecular weight is 419 g/mol. The van der Waals surface area contributed by atoms with Crippen LogP contribution in [-0.4, -0.2) is 83.2 Å². The van der Waals surface area contributed by atoms with E-state index >= 15 is 0 Å². The van der Waals surface area contributed by atoms with E-state index in [2.05, 4.69) is 26.9 Å². The molecule has 2 N–H and O–H groups in total. The Morgan fingerprint density at radius 2 is 2.00 bits per heavy atom. The predicted octanol–water partition coefficient (Wildman–Crippen LogP) is 1.33. The summed E-state index contributed by atoms with van der Waals surface area (Å²) < 4.78 is 37.3. The molecule has 2 rings (SSSR count). The van der Waals surface area contributed by atoms with Gasteiger partial charge in [-0.15, -0.1) is 0 Å². The summed E-state index contributed by atoms with van der Waals surface area (Å²) in [6, 6.07) is 0. The number of sulfonamides is 1. The molecule has 0 aromatic rings. The van der Waals surface area contributed by atoms with Crippen LogP contribution in [0, 0.1) is 0 Å². The first-order valence-corrected chi connectivity index (χ1v) is 12.4. The summed E-state index contributed by atoms with van der Waals surface area (Å²) in [4.78, 5) is 6.94. The number of ether oxygens (including phenoxy) is 2. The Kier molecular flexibility index (Phi) is 10.5. The van der Waals surface area contributed by atoms with Crippen molar-refractivity contribution < 1.29 is 17.9 Å². The Morgan fingerprint density at radius 3 is 2.64 bits per heavy atom. The molecule has 2 fully saturated rings. The third kappa shape index (κ3) is 8.63. The molecule has 2 saturated heterocycles.